The fourth-order valence-corrected chi connectivity index (χ4v) is 8.18. The second-order valence-corrected chi connectivity index (χ2v) is 11.8. The van der Waals surface area contributed by atoms with Crippen molar-refractivity contribution >= 4 is 28.5 Å². The van der Waals surface area contributed by atoms with E-state index in [4.69, 9.17) is 18.6 Å². The second kappa shape index (κ2) is 9.43. The van der Waals surface area contributed by atoms with Crippen LogP contribution in [0.5, 0.6) is 0 Å². The predicted octanol–water partition coefficient (Wildman–Crippen LogP) is 0.720. The largest absolute Gasteiger partial charge is 0.222 e. The van der Waals surface area contributed by atoms with E-state index in [-0.39, 0.29) is 0 Å². The van der Waals surface area contributed by atoms with Gasteiger partial charge >= 0.3 is 0 Å². The van der Waals surface area contributed by atoms with Gasteiger partial charge in [-0.1, -0.05) is 46.3 Å². The number of halogens is 2. The molecule has 0 spiro atoms. The Kier molecular flexibility index (Phi) is 7.84. The number of benzene rings is 2. The topological polar surface area (TPSA) is 92.2 Å². The highest BCUT2D eigenvalue weighted by atomic mass is 79.9. The van der Waals surface area contributed by atoms with Crippen LogP contribution in [-0.4, -0.2) is 12.3 Å². The van der Waals surface area contributed by atoms with Crippen LogP contribution in [0.15, 0.2) is 59.1 Å². The van der Waals surface area contributed by atoms with E-state index in [1.165, 1.54) is 47.8 Å². The summed E-state index contributed by atoms with van der Waals surface area (Å²) in [6, 6.07) is 20.3. The van der Waals surface area contributed by atoms with Gasteiger partial charge in [-0.05, 0) is 49.1 Å². The Morgan fingerprint density at radius 2 is 1.32 bits per heavy atom. The van der Waals surface area contributed by atoms with Gasteiger partial charge in [0.15, 0.2) is 0 Å². The minimum absolute atomic E-state index is 0.995. The van der Waals surface area contributed by atoms with Crippen LogP contribution in [0.25, 0.3) is 0 Å². The molecule has 7 heteroatoms. The molecule has 0 N–H and O–H groups in total. The Labute approximate surface area is 159 Å². The molecule has 0 amide bonds. The highest BCUT2D eigenvalue weighted by Crippen LogP contribution is 2.63. The van der Waals surface area contributed by atoms with E-state index in [1.54, 1.807) is 5.30 Å². The van der Waals surface area contributed by atoms with Gasteiger partial charge in [-0.2, -0.15) is 0 Å². The lowest BCUT2D eigenvalue weighted by molar-refractivity contribution is -2.00. The Hall–Kier alpha value is -0.520. The average molecular weight is 448 g/mol. The lowest BCUT2D eigenvalue weighted by Gasteiger charge is -2.31. The normalized spacial score (nSPS) is 16.7. The standard InChI is InChI=1S/C18H21BrP.ClHO4/c19-17-11-9-16(10-12-17)15-20(13-5-2-6-14-20)18-7-3-1-4-8-18;2-1(3,4)5/h1,3-4,7-12H,2,5-6,13-15H2;(H,2,3,4,5)/q+1;/p-1. The zero-order valence-corrected chi connectivity index (χ0v) is 17.0. The van der Waals surface area contributed by atoms with Gasteiger partial charge in [0.05, 0.1) is 31.1 Å². The van der Waals surface area contributed by atoms with Crippen LogP contribution in [0.2, 0.25) is 0 Å². The minimum Gasteiger partial charge on any atom is -0.222 e. The molecular formula is C18H21BrClO4P. The highest BCUT2D eigenvalue weighted by molar-refractivity contribution is 9.10. The molecule has 136 valence electrons. The van der Waals surface area contributed by atoms with Crippen LogP contribution in [0, 0.1) is 10.2 Å². The summed E-state index contributed by atoms with van der Waals surface area (Å²) in [6.45, 7) is 0. The molecule has 25 heavy (non-hydrogen) atoms. The lowest BCUT2D eigenvalue weighted by atomic mass is 10.2. The van der Waals surface area contributed by atoms with E-state index in [9.17, 15) is 0 Å². The summed E-state index contributed by atoms with van der Waals surface area (Å²) in [7, 11) is -5.94. The van der Waals surface area contributed by atoms with E-state index in [0.717, 1.165) is 0 Å². The molecule has 0 atom stereocenters. The second-order valence-electron chi connectivity index (χ2n) is 6.15. The summed E-state index contributed by atoms with van der Waals surface area (Å²) in [4.78, 5) is 0. The van der Waals surface area contributed by atoms with Crippen molar-refractivity contribution in [2.24, 2.45) is 0 Å². The van der Waals surface area contributed by atoms with Gasteiger partial charge in [0.1, 0.15) is 0 Å². The maximum absolute atomic E-state index is 8.49. The zero-order chi connectivity index (χ0) is 18.3. The smallest absolute Gasteiger partial charge is 0.0943 e. The van der Waals surface area contributed by atoms with Gasteiger partial charge < -0.3 is 0 Å². The average Bonchev–Trinajstić information content (AvgIpc) is 2.57. The summed E-state index contributed by atoms with van der Waals surface area (Å²) in [5, 5.41) is 1.64. The maximum Gasteiger partial charge on any atom is 0.0943 e. The van der Waals surface area contributed by atoms with Crippen molar-refractivity contribution in [2.45, 2.75) is 25.4 Å². The van der Waals surface area contributed by atoms with Gasteiger partial charge in [0.2, 0.25) is 0 Å². The summed E-state index contributed by atoms with van der Waals surface area (Å²) in [6.07, 6.45) is 8.41. The van der Waals surface area contributed by atoms with Gasteiger partial charge in [0.25, 0.3) is 0 Å². The summed E-state index contributed by atoms with van der Waals surface area (Å²) in [5.41, 5.74) is 1.51. The van der Waals surface area contributed by atoms with Gasteiger partial charge in [-0.3, -0.25) is 0 Å². The van der Waals surface area contributed by atoms with E-state index in [2.05, 4.69) is 70.5 Å². The quantitative estimate of drug-likeness (QED) is 0.648. The molecular weight excluding hydrogens is 427 g/mol. The SMILES string of the molecule is Brc1ccc(C[P+]2(c3ccccc3)CCCCC2)cc1.[O-][Cl+3]([O-])([O-])[O-]. The van der Waals surface area contributed by atoms with Gasteiger partial charge in [-0.15, -0.1) is 10.2 Å². The third-order valence-electron chi connectivity index (χ3n) is 4.37. The van der Waals surface area contributed by atoms with Crippen molar-refractivity contribution in [1.82, 2.24) is 0 Å². The number of hydrogen-bond donors (Lipinski definition) is 0. The third kappa shape index (κ3) is 7.32. The summed E-state index contributed by atoms with van der Waals surface area (Å²) in [5.74, 6) is 0. The first-order valence-corrected chi connectivity index (χ1v) is 12.4. The van der Waals surface area contributed by atoms with Crippen LogP contribution in [0.3, 0.4) is 0 Å². The molecule has 2 aromatic rings. The fourth-order valence-electron chi connectivity index (χ4n) is 3.31. The molecule has 1 aliphatic heterocycles. The molecule has 0 aliphatic carbocycles. The van der Waals surface area contributed by atoms with E-state index in [1.807, 2.05) is 0 Å². The van der Waals surface area contributed by atoms with Crippen molar-refractivity contribution in [3.8, 4) is 0 Å². The maximum atomic E-state index is 8.49. The molecule has 4 nitrogen and oxygen atoms in total. The predicted molar refractivity (Wildman–Crippen MR) is 94.4 cm³/mol. The first kappa shape index (κ1) is 20.8. The van der Waals surface area contributed by atoms with Crippen LogP contribution in [0.1, 0.15) is 24.8 Å². The van der Waals surface area contributed by atoms with Crippen LogP contribution in [-0.2, 0) is 6.16 Å². The molecule has 1 aliphatic rings. The summed E-state index contributed by atoms with van der Waals surface area (Å²) >= 11 is 3.54. The van der Waals surface area contributed by atoms with E-state index < -0.39 is 17.5 Å². The Morgan fingerprint density at radius 1 is 0.800 bits per heavy atom. The van der Waals surface area contributed by atoms with Crippen molar-refractivity contribution in [3.05, 3.63) is 64.6 Å². The lowest BCUT2D eigenvalue weighted by Crippen LogP contribution is -2.68. The van der Waals surface area contributed by atoms with Gasteiger partial charge in [-0.25, -0.2) is 18.6 Å². The van der Waals surface area contributed by atoms with E-state index in [0.29, 0.717) is 0 Å². The molecule has 1 heterocycles. The molecule has 2 aromatic carbocycles. The van der Waals surface area contributed by atoms with Crippen LogP contribution >= 0.6 is 23.2 Å². The first-order chi connectivity index (χ1) is 11.8. The number of hydrogen-bond acceptors (Lipinski definition) is 4. The summed E-state index contributed by atoms with van der Waals surface area (Å²) < 4.78 is 35.1. The van der Waals surface area contributed by atoms with Crippen molar-refractivity contribution in [3.63, 3.8) is 0 Å². The highest BCUT2D eigenvalue weighted by Gasteiger charge is 2.41. The molecule has 1 fully saturated rings. The van der Waals surface area contributed by atoms with E-state index >= 15 is 0 Å². The molecule has 0 saturated carbocycles. The van der Waals surface area contributed by atoms with Crippen molar-refractivity contribution in [1.29, 1.82) is 0 Å². The molecule has 0 bridgehead atoms. The molecule has 3 rings (SSSR count). The fraction of sp³-hybridized carbons (Fsp3) is 0.333. The molecule has 1 saturated heterocycles. The minimum atomic E-state index is -4.94. The molecule has 0 aromatic heterocycles. The van der Waals surface area contributed by atoms with Crippen molar-refractivity contribution < 1.29 is 28.9 Å². The molecule has 0 unspecified atom stereocenters. The van der Waals surface area contributed by atoms with Gasteiger partial charge in [0, 0.05) is 4.47 Å². The third-order valence-corrected chi connectivity index (χ3v) is 9.61. The zero-order valence-electron chi connectivity index (χ0n) is 13.8. The number of rotatable bonds is 3. The monoisotopic (exact) mass is 446 g/mol. The molecule has 0 radical (unpaired) electrons. The van der Waals surface area contributed by atoms with Crippen molar-refractivity contribution in [2.75, 3.05) is 12.3 Å². The first-order valence-electron chi connectivity index (χ1n) is 8.06. The Morgan fingerprint density at radius 3 is 1.84 bits per heavy atom. The Bertz CT molecular complexity index is 634. The van der Waals surface area contributed by atoms with Crippen LogP contribution in [0.4, 0.5) is 0 Å². The Balaban J connectivity index is 0.000000399. The van der Waals surface area contributed by atoms with Crippen LogP contribution < -0.4 is 23.9 Å².